The number of hydrogen-bond donors (Lipinski definition) is 3. The normalized spacial score (nSPS) is 13.8. The molecule has 0 saturated carbocycles. The van der Waals surface area contributed by atoms with E-state index in [1.165, 1.54) is 19.1 Å². The summed E-state index contributed by atoms with van der Waals surface area (Å²) in [4.78, 5) is 11.5. The molecule has 0 aliphatic carbocycles. The lowest BCUT2D eigenvalue weighted by Crippen LogP contribution is -2.51. The van der Waals surface area contributed by atoms with E-state index in [1.54, 1.807) is 0 Å². The van der Waals surface area contributed by atoms with Crippen molar-refractivity contribution in [3.05, 3.63) is 69.7 Å². The summed E-state index contributed by atoms with van der Waals surface area (Å²) in [7, 11) is 0. The molecule has 0 heterocycles. The highest BCUT2D eigenvalue weighted by Crippen LogP contribution is 2.23. The van der Waals surface area contributed by atoms with Gasteiger partial charge in [-0.1, -0.05) is 28.1 Å². The van der Waals surface area contributed by atoms with Gasteiger partial charge < -0.3 is 15.7 Å². The van der Waals surface area contributed by atoms with Crippen LogP contribution in [0.1, 0.15) is 31.9 Å². The molecule has 0 radical (unpaired) electrons. The van der Waals surface area contributed by atoms with Crippen molar-refractivity contribution in [3.63, 3.8) is 0 Å². The van der Waals surface area contributed by atoms with Crippen molar-refractivity contribution in [2.75, 3.05) is 6.54 Å². The van der Waals surface area contributed by atoms with Gasteiger partial charge in [0.05, 0.1) is 12.1 Å². The van der Waals surface area contributed by atoms with Crippen molar-refractivity contribution in [2.45, 2.75) is 44.9 Å². The van der Waals surface area contributed by atoms with Crippen LogP contribution in [0.2, 0.25) is 0 Å². The van der Waals surface area contributed by atoms with E-state index in [0.29, 0.717) is 5.56 Å². The second-order valence-corrected chi connectivity index (χ2v) is 8.29. The molecule has 2 aromatic carbocycles. The Balaban J connectivity index is 2.09. The van der Waals surface area contributed by atoms with Crippen molar-refractivity contribution < 1.29 is 18.7 Å². The van der Waals surface area contributed by atoms with Crippen LogP contribution in [0.25, 0.3) is 0 Å². The lowest BCUT2D eigenvalue weighted by Gasteiger charge is -2.31. The fraction of sp³-hybridized carbons (Fsp3) is 0.381. The molecule has 2 rings (SSSR count). The number of benzene rings is 2. The van der Waals surface area contributed by atoms with Gasteiger partial charge in [0.1, 0.15) is 11.6 Å². The third kappa shape index (κ3) is 6.65. The summed E-state index contributed by atoms with van der Waals surface area (Å²) in [5.74, 6) is -1.72. The summed E-state index contributed by atoms with van der Waals surface area (Å²) >= 11 is 3.45. The van der Waals surface area contributed by atoms with E-state index in [0.717, 1.165) is 16.1 Å². The molecule has 0 bridgehead atoms. The largest absolute Gasteiger partial charge is 0.390 e. The highest BCUT2D eigenvalue weighted by molar-refractivity contribution is 9.10. The topological polar surface area (TPSA) is 61.4 Å². The van der Waals surface area contributed by atoms with Crippen LogP contribution in [0, 0.1) is 11.6 Å². The zero-order valence-electron chi connectivity index (χ0n) is 16.1. The monoisotopic (exact) mass is 454 g/mol. The standard InChI is InChI=1S/C21H25BrF2N2O2/c1-13(27)26-19(9-14-7-17(23)11-18(24)8-14)20(28)12-25-21(2,3)15-5-4-6-16(22)10-15/h4-8,10-11,19-20,25,28H,9,12H2,1-3H3,(H,26,27)/t19-,20+/m0/s1. The average Bonchev–Trinajstić information content (AvgIpc) is 2.58. The zero-order valence-corrected chi connectivity index (χ0v) is 17.7. The number of aliphatic hydroxyl groups excluding tert-OH is 1. The molecule has 2 atom stereocenters. The van der Waals surface area contributed by atoms with Gasteiger partial charge in [0.15, 0.2) is 0 Å². The highest BCUT2D eigenvalue weighted by Gasteiger charge is 2.26. The van der Waals surface area contributed by atoms with Crippen molar-refractivity contribution in [1.29, 1.82) is 0 Å². The molecule has 0 aliphatic heterocycles. The molecule has 1 amide bonds. The van der Waals surface area contributed by atoms with Gasteiger partial charge >= 0.3 is 0 Å². The first-order valence-electron chi connectivity index (χ1n) is 8.98. The summed E-state index contributed by atoms with van der Waals surface area (Å²) in [5, 5.41) is 16.6. The predicted octanol–water partition coefficient (Wildman–Crippen LogP) is 3.66. The molecule has 0 spiro atoms. The summed E-state index contributed by atoms with van der Waals surface area (Å²) < 4.78 is 27.9. The lowest BCUT2D eigenvalue weighted by atomic mass is 9.93. The smallest absolute Gasteiger partial charge is 0.217 e. The molecule has 152 valence electrons. The number of carbonyl (C=O) groups excluding carboxylic acids is 1. The van der Waals surface area contributed by atoms with E-state index in [4.69, 9.17) is 0 Å². The molecule has 28 heavy (non-hydrogen) atoms. The molecule has 2 aromatic rings. The van der Waals surface area contributed by atoms with Crippen molar-refractivity contribution >= 4 is 21.8 Å². The third-order valence-corrected chi connectivity index (χ3v) is 5.02. The lowest BCUT2D eigenvalue weighted by molar-refractivity contribution is -0.120. The number of rotatable bonds is 8. The van der Waals surface area contributed by atoms with Crippen LogP contribution < -0.4 is 10.6 Å². The van der Waals surface area contributed by atoms with Crippen LogP contribution in [0.4, 0.5) is 8.78 Å². The first-order chi connectivity index (χ1) is 13.1. The van der Waals surface area contributed by atoms with Gasteiger partial charge in [0.25, 0.3) is 0 Å². The van der Waals surface area contributed by atoms with Gasteiger partial charge in [-0.05, 0) is 55.7 Å². The molecule has 0 fully saturated rings. The minimum absolute atomic E-state index is 0.106. The predicted molar refractivity (Wildman–Crippen MR) is 109 cm³/mol. The Morgan fingerprint density at radius 2 is 1.82 bits per heavy atom. The number of nitrogens with one attached hydrogen (secondary N) is 2. The molecule has 0 saturated heterocycles. The summed E-state index contributed by atoms with van der Waals surface area (Å²) in [6.45, 7) is 5.49. The highest BCUT2D eigenvalue weighted by atomic mass is 79.9. The molecule has 0 unspecified atom stereocenters. The maximum absolute atomic E-state index is 13.5. The van der Waals surface area contributed by atoms with Crippen molar-refractivity contribution in [1.82, 2.24) is 10.6 Å². The SMILES string of the molecule is CC(=O)N[C@@H](Cc1cc(F)cc(F)c1)[C@H](O)CNC(C)(C)c1cccc(Br)c1. The van der Waals surface area contributed by atoms with Crippen LogP contribution in [0.5, 0.6) is 0 Å². The number of hydrogen-bond acceptors (Lipinski definition) is 3. The fourth-order valence-electron chi connectivity index (χ4n) is 3.01. The first kappa shape index (κ1) is 22.5. The van der Waals surface area contributed by atoms with Crippen LogP contribution in [0.15, 0.2) is 46.9 Å². The molecule has 4 nitrogen and oxygen atoms in total. The van der Waals surface area contributed by atoms with Crippen LogP contribution in [-0.4, -0.2) is 29.7 Å². The van der Waals surface area contributed by atoms with Gasteiger partial charge in [-0.3, -0.25) is 4.79 Å². The summed E-state index contributed by atoms with van der Waals surface area (Å²) in [6.07, 6.45) is -0.851. The Hall–Kier alpha value is -1.83. The maximum Gasteiger partial charge on any atom is 0.217 e. The molecule has 0 aromatic heterocycles. The van der Waals surface area contributed by atoms with E-state index in [2.05, 4.69) is 26.6 Å². The van der Waals surface area contributed by atoms with E-state index in [-0.39, 0.29) is 18.9 Å². The van der Waals surface area contributed by atoms with Gasteiger partial charge in [-0.15, -0.1) is 0 Å². The van der Waals surface area contributed by atoms with E-state index in [1.807, 2.05) is 38.1 Å². The first-order valence-corrected chi connectivity index (χ1v) is 9.77. The van der Waals surface area contributed by atoms with Gasteiger partial charge in [0, 0.05) is 29.5 Å². The molecule has 0 aliphatic rings. The van der Waals surface area contributed by atoms with E-state index < -0.39 is 29.3 Å². The summed E-state index contributed by atoms with van der Waals surface area (Å²) in [5.41, 5.74) is 0.954. The Morgan fingerprint density at radius 3 is 2.39 bits per heavy atom. The van der Waals surface area contributed by atoms with E-state index >= 15 is 0 Å². The van der Waals surface area contributed by atoms with Crippen molar-refractivity contribution in [2.24, 2.45) is 0 Å². The van der Waals surface area contributed by atoms with E-state index in [9.17, 15) is 18.7 Å². The van der Waals surface area contributed by atoms with Crippen LogP contribution in [-0.2, 0) is 16.8 Å². The maximum atomic E-state index is 13.5. The van der Waals surface area contributed by atoms with Crippen LogP contribution >= 0.6 is 15.9 Å². The minimum atomic E-state index is -0.957. The average molecular weight is 455 g/mol. The zero-order chi connectivity index (χ0) is 20.9. The second-order valence-electron chi connectivity index (χ2n) is 7.37. The van der Waals surface area contributed by atoms with Gasteiger partial charge in [-0.25, -0.2) is 8.78 Å². The van der Waals surface area contributed by atoms with Crippen molar-refractivity contribution in [3.8, 4) is 0 Å². The number of aliphatic hydroxyl groups is 1. The number of amides is 1. The Labute approximate surface area is 172 Å². The minimum Gasteiger partial charge on any atom is -0.390 e. The number of carbonyl (C=O) groups is 1. The molecular weight excluding hydrogens is 430 g/mol. The second kappa shape index (κ2) is 9.58. The summed E-state index contributed by atoms with van der Waals surface area (Å²) in [6, 6.07) is 10.3. The van der Waals surface area contributed by atoms with Gasteiger partial charge in [0.2, 0.25) is 5.91 Å². The number of halogens is 3. The van der Waals surface area contributed by atoms with Gasteiger partial charge in [-0.2, -0.15) is 0 Å². The molecule has 7 heteroatoms. The van der Waals surface area contributed by atoms with Crippen LogP contribution in [0.3, 0.4) is 0 Å². The Morgan fingerprint density at radius 1 is 1.18 bits per heavy atom. The molecule has 3 N–H and O–H groups in total. The Kier molecular flexibility index (Phi) is 7.69. The third-order valence-electron chi connectivity index (χ3n) is 4.53. The Bertz CT molecular complexity index is 810. The quantitative estimate of drug-likeness (QED) is 0.570. The molecular formula is C21H25BrF2N2O2. The fourth-order valence-corrected chi connectivity index (χ4v) is 3.41.